The zero-order chi connectivity index (χ0) is 16.9. The molecule has 1 aromatic carbocycles. The maximum atomic E-state index is 4.60. The van der Waals surface area contributed by atoms with Crippen LogP contribution in [0.1, 0.15) is 19.8 Å². The van der Waals surface area contributed by atoms with Crippen LogP contribution in [0, 0.1) is 5.41 Å². The largest absolute Gasteiger partial charge is 0.352 e. The van der Waals surface area contributed by atoms with E-state index in [2.05, 4.69) is 57.6 Å². The third kappa shape index (κ3) is 2.61. The minimum Gasteiger partial charge on any atom is -0.352 e. The van der Waals surface area contributed by atoms with Crippen molar-refractivity contribution in [2.24, 2.45) is 5.41 Å². The van der Waals surface area contributed by atoms with Crippen LogP contribution < -0.4 is 5.32 Å². The maximum Gasteiger partial charge on any atom is 0.241 e. The van der Waals surface area contributed by atoms with Crippen LogP contribution >= 0.6 is 0 Å². The number of aromatic nitrogens is 4. The molecule has 5 nitrogen and oxygen atoms in total. The highest BCUT2D eigenvalue weighted by molar-refractivity contribution is 5.88. The number of hydrogen-bond acceptors (Lipinski definition) is 4. The monoisotopic (exact) mass is 329 g/mol. The van der Waals surface area contributed by atoms with Crippen molar-refractivity contribution in [3.05, 3.63) is 55.0 Å². The topological polar surface area (TPSA) is 55.1 Å². The second kappa shape index (κ2) is 5.28. The zero-order valence-electron chi connectivity index (χ0n) is 14.1. The van der Waals surface area contributed by atoms with Gasteiger partial charge in [-0.25, -0.2) is 9.50 Å². The molecule has 5 heteroatoms. The van der Waals surface area contributed by atoms with E-state index in [0.717, 1.165) is 34.1 Å². The van der Waals surface area contributed by atoms with Crippen molar-refractivity contribution in [3.63, 3.8) is 0 Å². The molecule has 1 saturated carbocycles. The molecule has 1 fully saturated rings. The maximum absolute atomic E-state index is 4.60. The second-order valence-electron chi connectivity index (χ2n) is 7.22. The lowest BCUT2D eigenvalue weighted by Gasteiger charge is -2.10. The highest BCUT2D eigenvalue weighted by Crippen LogP contribution is 2.44. The summed E-state index contributed by atoms with van der Waals surface area (Å²) in [6.07, 6.45) is 8.27. The van der Waals surface area contributed by atoms with Crippen LogP contribution in [0.2, 0.25) is 0 Å². The van der Waals surface area contributed by atoms with E-state index >= 15 is 0 Å². The van der Waals surface area contributed by atoms with E-state index in [0.29, 0.717) is 11.4 Å². The fourth-order valence-corrected chi connectivity index (χ4v) is 3.15. The van der Waals surface area contributed by atoms with Crippen molar-refractivity contribution in [3.8, 4) is 11.1 Å². The zero-order valence-corrected chi connectivity index (χ0v) is 14.1. The van der Waals surface area contributed by atoms with Gasteiger partial charge in [-0.3, -0.25) is 4.98 Å². The van der Waals surface area contributed by atoms with E-state index in [9.17, 15) is 0 Å². The van der Waals surface area contributed by atoms with Crippen LogP contribution in [0.15, 0.2) is 55.0 Å². The van der Waals surface area contributed by atoms with Crippen LogP contribution in [-0.2, 0) is 0 Å². The molecule has 1 N–H and O–H groups in total. The molecule has 0 amide bonds. The Balaban J connectivity index is 1.50. The van der Waals surface area contributed by atoms with Crippen molar-refractivity contribution in [1.29, 1.82) is 0 Å². The lowest BCUT2D eigenvalue weighted by atomic mass is 10.0. The first-order chi connectivity index (χ1) is 12.2. The number of nitrogens with zero attached hydrogens (tertiary/aromatic N) is 4. The summed E-state index contributed by atoms with van der Waals surface area (Å²) in [5.74, 6) is 0.686. The van der Waals surface area contributed by atoms with Crippen molar-refractivity contribution >= 4 is 22.4 Å². The third-order valence-corrected chi connectivity index (χ3v) is 5.11. The molecular weight excluding hydrogens is 310 g/mol. The number of nitrogens with one attached hydrogen (secondary N) is 1. The standard InChI is InChI=1S/C20H19N5/c1-20(7-8-20)13-23-19-22-12-18-16(6-10-25(18)24-19)14-4-5-17-15(11-14)3-2-9-21-17/h2-6,9-12H,7-8,13H2,1H3,(H,23,24). The van der Waals surface area contributed by atoms with Crippen LogP contribution in [-0.4, -0.2) is 26.1 Å². The van der Waals surface area contributed by atoms with Gasteiger partial charge in [-0.1, -0.05) is 19.1 Å². The molecule has 1 aliphatic carbocycles. The molecule has 0 saturated heterocycles. The Morgan fingerprint density at radius 2 is 2.08 bits per heavy atom. The van der Waals surface area contributed by atoms with Gasteiger partial charge in [-0.2, -0.15) is 0 Å². The Labute approximate surface area is 145 Å². The summed E-state index contributed by atoms with van der Waals surface area (Å²) in [4.78, 5) is 8.89. The van der Waals surface area contributed by atoms with Gasteiger partial charge in [0.15, 0.2) is 0 Å². The average Bonchev–Trinajstić information content (AvgIpc) is 3.24. The summed E-state index contributed by atoms with van der Waals surface area (Å²) in [5, 5.41) is 9.09. The first-order valence-electron chi connectivity index (χ1n) is 8.64. The Morgan fingerprint density at radius 3 is 2.96 bits per heavy atom. The Kier molecular flexibility index (Phi) is 3.04. The molecule has 0 spiro atoms. The fraction of sp³-hybridized carbons (Fsp3) is 0.250. The Bertz CT molecular complexity index is 1080. The first-order valence-corrected chi connectivity index (χ1v) is 8.64. The molecule has 0 radical (unpaired) electrons. The summed E-state index contributed by atoms with van der Waals surface area (Å²) < 4.78 is 1.90. The van der Waals surface area contributed by atoms with Gasteiger partial charge in [-0.15, -0.1) is 5.10 Å². The molecular formula is C20H19N5. The molecule has 3 aromatic heterocycles. The van der Waals surface area contributed by atoms with Gasteiger partial charge in [0, 0.05) is 29.9 Å². The molecule has 0 aliphatic heterocycles. The predicted molar refractivity (Wildman–Crippen MR) is 99.6 cm³/mol. The summed E-state index contributed by atoms with van der Waals surface area (Å²) in [7, 11) is 0. The normalized spacial score (nSPS) is 15.6. The van der Waals surface area contributed by atoms with Gasteiger partial charge in [0.05, 0.1) is 17.2 Å². The van der Waals surface area contributed by atoms with Gasteiger partial charge in [0.25, 0.3) is 0 Å². The van der Waals surface area contributed by atoms with Gasteiger partial charge in [0.2, 0.25) is 5.95 Å². The minimum atomic E-state index is 0.430. The van der Waals surface area contributed by atoms with Gasteiger partial charge in [0.1, 0.15) is 0 Å². The minimum absolute atomic E-state index is 0.430. The highest BCUT2D eigenvalue weighted by atomic mass is 15.3. The van der Waals surface area contributed by atoms with Crippen molar-refractivity contribution in [2.75, 3.05) is 11.9 Å². The SMILES string of the molecule is CC1(CNc2ncc3c(-c4ccc5ncccc5c4)ccn3n2)CC1. The first kappa shape index (κ1) is 14.4. The van der Waals surface area contributed by atoms with E-state index in [1.165, 1.54) is 12.8 Å². The van der Waals surface area contributed by atoms with Crippen LogP contribution in [0.4, 0.5) is 5.95 Å². The van der Waals surface area contributed by atoms with E-state index in [1.54, 1.807) is 0 Å². The summed E-state index contributed by atoms with van der Waals surface area (Å²) in [6, 6.07) is 12.5. The molecule has 25 heavy (non-hydrogen) atoms. The van der Waals surface area contributed by atoms with Gasteiger partial charge < -0.3 is 5.32 Å². The average molecular weight is 329 g/mol. The summed E-state index contributed by atoms with van der Waals surface area (Å²) in [6.45, 7) is 3.23. The highest BCUT2D eigenvalue weighted by Gasteiger charge is 2.36. The van der Waals surface area contributed by atoms with Gasteiger partial charge >= 0.3 is 0 Å². The quantitative estimate of drug-likeness (QED) is 0.611. The molecule has 0 unspecified atom stereocenters. The van der Waals surface area contributed by atoms with E-state index in [1.807, 2.05) is 29.2 Å². The van der Waals surface area contributed by atoms with Crippen LogP contribution in [0.3, 0.4) is 0 Å². The van der Waals surface area contributed by atoms with Crippen LogP contribution in [0.25, 0.3) is 27.5 Å². The molecule has 4 aromatic rings. The molecule has 5 rings (SSSR count). The lowest BCUT2D eigenvalue weighted by molar-refractivity contribution is 0.606. The number of rotatable bonds is 4. The van der Waals surface area contributed by atoms with E-state index in [-0.39, 0.29) is 0 Å². The van der Waals surface area contributed by atoms with E-state index < -0.39 is 0 Å². The predicted octanol–water partition coefficient (Wildman–Crippen LogP) is 4.16. The smallest absolute Gasteiger partial charge is 0.241 e. The Hall–Kier alpha value is -2.95. The third-order valence-electron chi connectivity index (χ3n) is 5.11. The number of hydrogen-bond donors (Lipinski definition) is 1. The number of benzene rings is 1. The number of pyridine rings is 1. The van der Waals surface area contributed by atoms with Crippen LogP contribution in [0.5, 0.6) is 0 Å². The molecule has 124 valence electrons. The van der Waals surface area contributed by atoms with Gasteiger partial charge in [-0.05, 0) is 48.1 Å². The fourth-order valence-electron chi connectivity index (χ4n) is 3.15. The molecule has 0 atom stereocenters. The second-order valence-corrected chi connectivity index (χ2v) is 7.22. The summed E-state index contributed by atoms with van der Waals surface area (Å²) in [5.41, 5.74) is 4.72. The lowest BCUT2D eigenvalue weighted by Crippen LogP contribution is -2.14. The molecule has 0 bridgehead atoms. The number of anilines is 1. The Morgan fingerprint density at radius 1 is 1.16 bits per heavy atom. The van der Waals surface area contributed by atoms with Crippen molar-refractivity contribution in [1.82, 2.24) is 19.6 Å². The molecule has 3 heterocycles. The summed E-state index contributed by atoms with van der Waals surface area (Å²) >= 11 is 0. The van der Waals surface area contributed by atoms with E-state index in [4.69, 9.17) is 0 Å². The van der Waals surface area contributed by atoms with Crippen molar-refractivity contribution < 1.29 is 0 Å². The number of fused-ring (bicyclic) bond motifs is 2. The van der Waals surface area contributed by atoms with Crippen molar-refractivity contribution in [2.45, 2.75) is 19.8 Å². The molecule has 1 aliphatic rings.